The Balaban J connectivity index is 1.45. The van der Waals surface area contributed by atoms with Gasteiger partial charge in [-0.1, -0.05) is 11.6 Å². The van der Waals surface area contributed by atoms with Gasteiger partial charge in [-0.25, -0.2) is 22.1 Å². The molecule has 1 heterocycles. The van der Waals surface area contributed by atoms with Crippen molar-refractivity contribution in [2.24, 2.45) is 17.6 Å². The zero-order chi connectivity index (χ0) is 28.1. The van der Waals surface area contributed by atoms with Crippen molar-refractivity contribution in [1.82, 2.24) is 4.98 Å². The van der Waals surface area contributed by atoms with Gasteiger partial charge in [-0.2, -0.15) is 0 Å². The third-order valence-electron chi connectivity index (χ3n) is 7.29. The molecule has 14 heteroatoms. The van der Waals surface area contributed by atoms with Gasteiger partial charge in [-0.15, -0.1) is 34.5 Å². The van der Waals surface area contributed by atoms with E-state index in [1.165, 1.54) is 20.4 Å². The molecule has 0 aliphatic heterocycles. The van der Waals surface area contributed by atoms with E-state index in [0.29, 0.717) is 29.9 Å². The zero-order valence-corrected chi connectivity index (χ0v) is 24.8. The molecule has 2 fully saturated rings. The Bertz CT molecular complexity index is 1480. The van der Waals surface area contributed by atoms with Gasteiger partial charge in [0.15, 0.2) is 5.13 Å². The molecule has 0 radical (unpaired) electrons. The Morgan fingerprint density at radius 3 is 2.62 bits per heavy atom. The first-order chi connectivity index (χ1) is 18.5. The summed E-state index contributed by atoms with van der Waals surface area (Å²) in [6.45, 7) is -0.168. The SMILES string of the molecule is COc1ccc(CN(c2nccs2)S(=O)(=O)c2cc(Cl)c(NC3CC4[C@H](C[C@@H]3N)C4(Cl)Cl)cc2F)c(OC)c1. The fraction of sp³-hybridized carbons (Fsp3) is 0.400. The molecule has 8 nitrogen and oxygen atoms in total. The van der Waals surface area contributed by atoms with E-state index in [9.17, 15) is 8.42 Å². The van der Waals surface area contributed by atoms with Crippen molar-refractivity contribution in [3.8, 4) is 11.5 Å². The number of thiazole rings is 1. The minimum atomic E-state index is -4.45. The second-order valence-corrected chi connectivity index (χ2v) is 14.1. The monoisotopic (exact) mass is 634 g/mol. The molecule has 0 spiro atoms. The lowest BCUT2D eigenvalue weighted by Crippen LogP contribution is -2.43. The Morgan fingerprint density at radius 2 is 1.95 bits per heavy atom. The van der Waals surface area contributed by atoms with Crippen molar-refractivity contribution < 1.29 is 22.3 Å². The van der Waals surface area contributed by atoms with Gasteiger partial charge in [-0.3, -0.25) is 0 Å². The molecule has 39 heavy (non-hydrogen) atoms. The zero-order valence-electron chi connectivity index (χ0n) is 20.9. The maximum atomic E-state index is 15.5. The summed E-state index contributed by atoms with van der Waals surface area (Å²) in [6.07, 6.45) is 2.69. The Hall–Kier alpha value is -2.02. The van der Waals surface area contributed by atoms with Crippen LogP contribution < -0.4 is 24.8 Å². The number of nitrogens with one attached hydrogen (secondary N) is 1. The molecule has 3 aromatic rings. The summed E-state index contributed by atoms with van der Waals surface area (Å²) in [5.74, 6) is 0.197. The third-order valence-corrected chi connectivity index (χ3v) is 11.4. The van der Waals surface area contributed by atoms with E-state index in [0.717, 1.165) is 27.8 Å². The lowest BCUT2D eigenvalue weighted by Gasteiger charge is -2.30. The fourth-order valence-corrected chi connectivity index (χ4v) is 8.53. The lowest BCUT2D eigenvalue weighted by atomic mass is 9.91. The molecule has 2 aliphatic rings. The molecular formula is C25H26Cl3FN4O4S2. The van der Waals surface area contributed by atoms with Crippen LogP contribution in [0.3, 0.4) is 0 Å². The van der Waals surface area contributed by atoms with Gasteiger partial charge in [0.05, 0.1) is 31.5 Å². The highest BCUT2D eigenvalue weighted by molar-refractivity contribution is 7.93. The maximum absolute atomic E-state index is 15.5. The number of anilines is 2. The first kappa shape index (κ1) is 28.5. The average molecular weight is 636 g/mol. The van der Waals surface area contributed by atoms with Crippen LogP contribution in [0.2, 0.25) is 5.02 Å². The summed E-state index contributed by atoms with van der Waals surface area (Å²) in [4.78, 5) is 3.58. The second-order valence-electron chi connectivity index (χ2n) is 9.54. The van der Waals surface area contributed by atoms with Crippen LogP contribution in [0.15, 0.2) is 46.8 Å². The van der Waals surface area contributed by atoms with Crippen LogP contribution >= 0.6 is 46.1 Å². The number of alkyl halides is 2. The number of hydrogen-bond donors (Lipinski definition) is 2. The van der Waals surface area contributed by atoms with E-state index < -0.39 is 25.1 Å². The predicted molar refractivity (Wildman–Crippen MR) is 152 cm³/mol. The van der Waals surface area contributed by atoms with Gasteiger partial charge < -0.3 is 20.5 Å². The van der Waals surface area contributed by atoms with Gasteiger partial charge in [0.1, 0.15) is 26.5 Å². The van der Waals surface area contributed by atoms with Gasteiger partial charge in [-0.05, 0) is 48.9 Å². The van der Waals surface area contributed by atoms with E-state index in [1.54, 1.807) is 23.6 Å². The van der Waals surface area contributed by atoms with Gasteiger partial charge in [0.2, 0.25) is 0 Å². The van der Waals surface area contributed by atoms with Crippen molar-refractivity contribution in [2.75, 3.05) is 23.8 Å². The van der Waals surface area contributed by atoms with Crippen molar-refractivity contribution >= 4 is 67.0 Å². The summed E-state index contributed by atoms with van der Waals surface area (Å²) < 4.78 is 54.2. The summed E-state index contributed by atoms with van der Waals surface area (Å²) in [6, 6.07) is 6.65. The van der Waals surface area contributed by atoms with Crippen LogP contribution in [0.1, 0.15) is 18.4 Å². The van der Waals surface area contributed by atoms with Crippen LogP contribution in [0.4, 0.5) is 15.2 Å². The van der Waals surface area contributed by atoms with E-state index in [1.807, 2.05) is 0 Å². The van der Waals surface area contributed by atoms with Crippen molar-refractivity contribution in [1.29, 1.82) is 0 Å². The number of methoxy groups -OCH3 is 2. The average Bonchev–Trinajstić information content (AvgIpc) is 3.23. The highest BCUT2D eigenvalue weighted by Crippen LogP contribution is 2.65. The van der Waals surface area contributed by atoms with E-state index in [-0.39, 0.29) is 46.3 Å². The first-order valence-electron chi connectivity index (χ1n) is 12.0. The molecular weight excluding hydrogens is 610 g/mol. The number of rotatable bonds is 9. The van der Waals surface area contributed by atoms with Crippen LogP contribution in [-0.4, -0.2) is 44.0 Å². The smallest absolute Gasteiger partial charge is 0.269 e. The predicted octanol–water partition coefficient (Wildman–Crippen LogP) is 5.67. The molecule has 4 atom stereocenters. The van der Waals surface area contributed by atoms with Gasteiger partial charge >= 0.3 is 0 Å². The van der Waals surface area contributed by atoms with E-state index in [4.69, 9.17) is 50.0 Å². The lowest BCUT2D eigenvalue weighted by molar-refractivity contribution is 0.387. The molecule has 0 saturated heterocycles. The number of sulfonamides is 1. The molecule has 2 unspecified atom stereocenters. The largest absolute Gasteiger partial charge is 0.497 e. The molecule has 210 valence electrons. The second kappa shape index (κ2) is 10.8. The van der Waals surface area contributed by atoms with Crippen LogP contribution in [0.25, 0.3) is 0 Å². The minimum absolute atomic E-state index is 0.0317. The van der Waals surface area contributed by atoms with Crippen LogP contribution in [0.5, 0.6) is 11.5 Å². The molecule has 2 saturated carbocycles. The third kappa shape index (κ3) is 5.37. The number of fused-ring (bicyclic) bond motifs is 1. The first-order valence-corrected chi connectivity index (χ1v) is 15.4. The van der Waals surface area contributed by atoms with Crippen molar-refractivity contribution in [3.05, 3.63) is 58.3 Å². The summed E-state index contributed by atoms with van der Waals surface area (Å²) in [5, 5.41) is 4.99. The Labute approximate surface area is 245 Å². The van der Waals surface area contributed by atoms with E-state index >= 15 is 4.39 Å². The molecule has 0 amide bonds. The minimum Gasteiger partial charge on any atom is -0.497 e. The van der Waals surface area contributed by atoms with Crippen molar-refractivity contribution in [2.45, 2.75) is 40.7 Å². The molecule has 3 N–H and O–H groups in total. The van der Waals surface area contributed by atoms with Gasteiger partial charge in [0, 0.05) is 35.3 Å². The van der Waals surface area contributed by atoms with Gasteiger partial charge in [0.25, 0.3) is 10.0 Å². The van der Waals surface area contributed by atoms with E-state index in [2.05, 4.69) is 10.3 Å². The molecule has 0 bridgehead atoms. The molecule has 2 aromatic carbocycles. The highest BCUT2D eigenvalue weighted by atomic mass is 35.5. The Kier molecular flexibility index (Phi) is 7.86. The number of ether oxygens (including phenoxy) is 2. The van der Waals surface area contributed by atoms with Crippen molar-refractivity contribution in [3.63, 3.8) is 0 Å². The standard InChI is InChI=1S/C25H26Cl3FN4O4S2/c1-36-14-4-3-13(22(7-14)37-2)12-33(24-31-5-6-38-24)39(34,35)23-10-17(26)20(11-18(23)29)32-21-9-16-15(8-19(21)30)25(16,27)28/h3-7,10-11,15-16,19,21,32H,8-9,12,30H2,1-2H3/t15-,16?,19-,21?/m0/s1. The molecule has 2 aliphatic carbocycles. The maximum Gasteiger partial charge on any atom is 0.269 e. The normalized spacial score (nSPS) is 23.6. The molecule has 1 aromatic heterocycles. The number of hydrogen-bond acceptors (Lipinski definition) is 8. The Morgan fingerprint density at radius 1 is 1.21 bits per heavy atom. The summed E-state index contributed by atoms with van der Waals surface area (Å²) >= 11 is 20.3. The topological polar surface area (TPSA) is 107 Å². The fourth-order valence-electron chi connectivity index (χ4n) is 5.06. The van der Waals surface area contributed by atoms with Crippen LogP contribution in [0, 0.1) is 17.7 Å². The summed E-state index contributed by atoms with van der Waals surface area (Å²) in [7, 11) is -1.47. The number of nitrogens with zero attached hydrogens (tertiary/aromatic N) is 2. The number of halogens is 4. The quantitative estimate of drug-likeness (QED) is 0.292. The number of aromatic nitrogens is 1. The number of benzene rings is 2. The molecule has 5 rings (SSSR count). The summed E-state index contributed by atoms with van der Waals surface area (Å²) in [5.41, 5.74) is 7.08. The van der Waals surface area contributed by atoms with Crippen LogP contribution in [-0.2, 0) is 16.6 Å². The highest BCUT2D eigenvalue weighted by Gasteiger charge is 2.65. The number of nitrogens with two attached hydrogens (primary N) is 1.